The van der Waals surface area contributed by atoms with Gasteiger partial charge in [-0.15, -0.1) is 0 Å². The Bertz CT molecular complexity index is 345. The predicted molar refractivity (Wildman–Crippen MR) is 55.8 cm³/mol. The second-order valence-electron chi connectivity index (χ2n) is 2.54. The predicted octanol–water partition coefficient (Wildman–Crippen LogP) is 1.60. The average molecular weight is 235 g/mol. The van der Waals surface area contributed by atoms with Crippen molar-refractivity contribution >= 4 is 34.8 Å². The van der Waals surface area contributed by atoms with Crippen molar-refractivity contribution in [2.75, 3.05) is 11.9 Å². The molecule has 0 aliphatic heterocycles. The Kier molecular flexibility index (Phi) is 3.57. The van der Waals surface area contributed by atoms with E-state index in [2.05, 4.69) is 5.32 Å². The molecule has 0 bridgehead atoms. The highest BCUT2D eigenvalue weighted by Crippen LogP contribution is 2.34. The van der Waals surface area contributed by atoms with Crippen molar-refractivity contribution in [1.82, 2.24) is 0 Å². The minimum atomic E-state index is -0.358. The van der Waals surface area contributed by atoms with Crippen molar-refractivity contribution in [2.24, 2.45) is 5.73 Å². The van der Waals surface area contributed by atoms with Crippen LogP contribution in [0.2, 0.25) is 10.0 Å². The Morgan fingerprint density at radius 1 is 1.43 bits per heavy atom. The van der Waals surface area contributed by atoms with Crippen molar-refractivity contribution in [2.45, 2.75) is 0 Å². The van der Waals surface area contributed by atoms with E-state index >= 15 is 0 Å². The first kappa shape index (κ1) is 11.1. The molecule has 14 heavy (non-hydrogen) atoms. The van der Waals surface area contributed by atoms with Crippen LogP contribution in [0.15, 0.2) is 12.1 Å². The number of halogens is 2. The molecule has 0 spiro atoms. The maximum atomic E-state index is 10.9. The lowest BCUT2D eigenvalue weighted by Crippen LogP contribution is -2.21. The number of benzene rings is 1. The van der Waals surface area contributed by atoms with E-state index in [0.717, 1.165) is 0 Å². The molecule has 1 amide bonds. The zero-order valence-corrected chi connectivity index (χ0v) is 8.56. The maximum absolute atomic E-state index is 10.9. The molecule has 0 saturated heterocycles. The highest BCUT2D eigenvalue weighted by Gasteiger charge is 2.07. The summed E-state index contributed by atoms with van der Waals surface area (Å²) in [7, 11) is 0. The van der Waals surface area contributed by atoms with Crippen LogP contribution in [-0.4, -0.2) is 17.6 Å². The van der Waals surface area contributed by atoms with Gasteiger partial charge in [-0.1, -0.05) is 23.2 Å². The summed E-state index contributed by atoms with van der Waals surface area (Å²) in [5.74, 6) is -0.568. The molecule has 0 atom stereocenters. The van der Waals surface area contributed by atoms with E-state index in [0.29, 0.717) is 5.69 Å². The zero-order valence-electron chi connectivity index (χ0n) is 7.05. The van der Waals surface area contributed by atoms with Crippen LogP contribution < -0.4 is 11.1 Å². The molecule has 4 N–H and O–H groups in total. The molecule has 0 heterocycles. The quantitative estimate of drug-likeness (QED) is 0.681. The van der Waals surface area contributed by atoms with E-state index in [9.17, 15) is 9.90 Å². The molecule has 1 aromatic rings. The van der Waals surface area contributed by atoms with Crippen LogP contribution in [0.5, 0.6) is 5.75 Å². The zero-order chi connectivity index (χ0) is 10.7. The average Bonchev–Trinajstić information content (AvgIpc) is 2.14. The van der Waals surface area contributed by atoms with Gasteiger partial charge in [0.25, 0.3) is 0 Å². The molecule has 1 aromatic carbocycles. The van der Waals surface area contributed by atoms with E-state index in [4.69, 9.17) is 28.9 Å². The number of hydrogen-bond donors (Lipinski definition) is 3. The Hall–Kier alpha value is -0.970. The number of rotatable bonds is 2. The molecule has 0 unspecified atom stereocenters. The van der Waals surface area contributed by atoms with Crippen molar-refractivity contribution in [3.63, 3.8) is 0 Å². The van der Waals surface area contributed by atoms with Crippen molar-refractivity contribution in [3.8, 4) is 5.75 Å². The van der Waals surface area contributed by atoms with Crippen LogP contribution in [0.4, 0.5) is 5.69 Å². The summed E-state index contributed by atoms with van der Waals surface area (Å²) in [4.78, 5) is 10.9. The fourth-order valence-corrected chi connectivity index (χ4v) is 1.34. The topological polar surface area (TPSA) is 75.4 Å². The lowest BCUT2D eigenvalue weighted by molar-refractivity contribution is -0.114. The molecule has 0 radical (unpaired) electrons. The number of phenolic OH excluding ortho intramolecular Hbond substituents is 1. The molecule has 6 heteroatoms. The van der Waals surface area contributed by atoms with E-state index in [-0.39, 0.29) is 28.2 Å². The summed E-state index contributed by atoms with van der Waals surface area (Å²) in [6, 6.07) is 2.77. The fourth-order valence-electron chi connectivity index (χ4n) is 0.850. The number of aromatic hydroxyl groups is 1. The number of carbonyl (C=O) groups excluding carboxylic acids is 1. The number of anilines is 1. The largest absolute Gasteiger partial charge is 0.505 e. The number of nitrogens with two attached hydrogens (primary N) is 1. The monoisotopic (exact) mass is 234 g/mol. The van der Waals surface area contributed by atoms with E-state index < -0.39 is 0 Å². The number of hydrogen-bond acceptors (Lipinski definition) is 3. The van der Waals surface area contributed by atoms with Crippen molar-refractivity contribution < 1.29 is 9.90 Å². The molecule has 76 valence electrons. The van der Waals surface area contributed by atoms with Crippen LogP contribution >= 0.6 is 23.2 Å². The Balaban J connectivity index is 2.95. The molecule has 0 aliphatic carbocycles. The Morgan fingerprint density at radius 3 is 2.36 bits per heavy atom. The van der Waals surface area contributed by atoms with E-state index in [1.54, 1.807) is 0 Å². The molecule has 4 nitrogen and oxygen atoms in total. The van der Waals surface area contributed by atoms with Gasteiger partial charge in [0.15, 0.2) is 5.75 Å². The molecular weight excluding hydrogens is 227 g/mol. The summed E-state index contributed by atoms with van der Waals surface area (Å²) in [6.07, 6.45) is 0. The van der Waals surface area contributed by atoms with Crippen molar-refractivity contribution in [3.05, 3.63) is 22.2 Å². The number of nitrogens with one attached hydrogen (secondary N) is 1. The highest BCUT2D eigenvalue weighted by atomic mass is 35.5. The van der Waals surface area contributed by atoms with Crippen LogP contribution in [-0.2, 0) is 4.79 Å². The van der Waals surface area contributed by atoms with Gasteiger partial charge in [0.2, 0.25) is 5.91 Å². The van der Waals surface area contributed by atoms with Gasteiger partial charge in [-0.05, 0) is 12.1 Å². The second-order valence-corrected chi connectivity index (χ2v) is 3.36. The third-order valence-electron chi connectivity index (χ3n) is 1.49. The molecule has 0 aromatic heterocycles. The van der Waals surface area contributed by atoms with Gasteiger partial charge in [-0.2, -0.15) is 0 Å². The van der Waals surface area contributed by atoms with Crippen LogP contribution in [0.1, 0.15) is 0 Å². The summed E-state index contributed by atoms with van der Waals surface area (Å²) in [6.45, 7) is -0.129. The fraction of sp³-hybridized carbons (Fsp3) is 0.125. The highest BCUT2D eigenvalue weighted by molar-refractivity contribution is 6.37. The van der Waals surface area contributed by atoms with Crippen LogP contribution in [0, 0.1) is 0 Å². The first-order valence-corrected chi connectivity index (χ1v) is 4.48. The first-order chi connectivity index (χ1) is 6.54. The third kappa shape index (κ3) is 2.51. The molecule has 0 saturated carbocycles. The van der Waals surface area contributed by atoms with Crippen LogP contribution in [0.3, 0.4) is 0 Å². The van der Waals surface area contributed by atoms with Crippen molar-refractivity contribution in [1.29, 1.82) is 0 Å². The summed E-state index contributed by atoms with van der Waals surface area (Å²) in [5, 5.41) is 11.8. The van der Waals surface area contributed by atoms with Gasteiger partial charge < -0.3 is 16.2 Å². The minimum Gasteiger partial charge on any atom is -0.505 e. The second kappa shape index (κ2) is 4.50. The number of phenols is 1. The van der Waals surface area contributed by atoms with E-state index in [1.807, 2.05) is 0 Å². The first-order valence-electron chi connectivity index (χ1n) is 3.72. The Morgan fingerprint density at radius 2 is 1.93 bits per heavy atom. The number of carbonyl (C=O) groups is 1. The van der Waals surface area contributed by atoms with Gasteiger partial charge >= 0.3 is 0 Å². The minimum absolute atomic E-state index is 0.0739. The standard InChI is InChI=1S/C8H8Cl2N2O2/c9-5-1-4(12-7(13)3-11)2-6(10)8(5)14/h1-2,14H,3,11H2,(H,12,13). The van der Waals surface area contributed by atoms with Gasteiger partial charge in [0.05, 0.1) is 16.6 Å². The van der Waals surface area contributed by atoms with Gasteiger partial charge in [-0.25, -0.2) is 0 Å². The SMILES string of the molecule is NCC(=O)Nc1cc(Cl)c(O)c(Cl)c1. The van der Waals surface area contributed by atoms with Gasteiger partial charge in [0.1, 0.15) is 0 Å². The smallest absolute Gasteiger partial charge is 0.238 e. The maximum Gasteiger partial charge on any atom is 0.238 e. The summed E-state index contributed by atoms with van der Waals surface area (Å²) in [5.41, 5.74) is 5.50. The lowest BCUT2D eigenvalue weighted by Gasteiger charge is -2.06. The number of amides is 1. The molecular formula is C8H8Cl2N2O2. The van der Waals surface area contributed by atoms with E-state index in [1.165, 1.54) is 12.1 Å². The van der Waals surface area contributed by atoms with Gasteiger partial charge in [0, 0.05) is 5.69 Å². The third-order valence-corrected chi connectivity index (χ3v) is 2.06. The summed E-state index contributed by atoms with van der Waals surface area (Å²) >= 11 is 11.3. The molecule has 0 fully saturated rings. The lowest BCUT2D eigenvalue weighted by atomic mass is 10.3. The molecule has 0 aliphatic rings. The van der Waals surface area contributed by atoms with Gasteiger partial charge in [-0.3, -0.25) is 4.79 Å². The normalized spacial score (nSPS) is 9.93. The summed E-state index contributed by atoms with van der Waals surface area (Å²) < 4.78 is 0. The molecule has 1 rings (SSSR count). The Labute approximate surface area is 90.6 Å². The van der Waals surface area contributed by atoms with Crippen LogP contribution in [0.25, 0.3) is 0 Å².